The minimum atomic E-state index is -0.519. The topological polar surface area (TPSA) is 81.4 Å². The number of rotatable bonds is 5. The van der Waals surface area contributed by atoms with Crippen molar-refractivity contribution in [3.05, 3.63) is 44.2 Å². The second kappa shape index (κ2) is 7.86. The number of nitrogens with one attached hydrogen (secondary N) is 1. The lowest BCUT2D eigenvalue weighted by Gasteiger charge is -2.18. The Bertz CT molecular complexity index is 866. The van der Waals surface area contributed by atoms with Gasteiger partial charge in [-0.1, -0.05) is 30.1 Å². The number of ether oxygens (including phenoxy) is 1. The van der Waals surface area contributed by atoms with Gasteiger partial charge in [-0.25, -0.2) is 0 Å². The zero-order chi connectivity index (χ0) is 18.8. The molecule has 0 saturated carbocycles. The molecule has 0 spiro atoms. The van der Waals surface area contributed by atoms with Gasteiger partial charge in [0.15, 0.2) is 6.61 Å². The van der Waals surface area contributed by atoms with Crippen LogP contribution < -0.4 is 15.8 Å². The number of anilines is 1. The fourth-order valence-electron chi connectivity index (χ4n) is 3.00. The number of amides is 2. The Balaban J connectivity index is 1.72. The zero-order valence-electron chi connectivity index (χ0n) is 14.1. The van der Waals surface area contributed by atoms with Gasteiger partial charge in [0.2, 0.25) is 0 Å². The van der Waals surface area contributed by atoms with E-state index in [1.54, 1.807) is 12.1 Å². The zero-order valence-corrected chi connectivity index (χ0v) is 16.4. The lowest BCUT2D eigenvalue weighted by atomic mass is 9.88. The van der Waals surface area contributed by atoms with E-state index in [-0.39, 0.29) is 12.5 Å². The predicted octanol–water partition coefficient (Wildman–Crippen LogP) is 4.30. The molecule has 1 aliphatic carbocycles. The number of carbonyl (C=O) groups is 2. The average Bonchev–Trinajstić information content (AvgIpc) is 2.90. The second-order valence-corrected chi connectivity index (χ2v) is 8.28. The molecule has 3 rings (SSSR count). The fraction of sp³-hybridized carbons (Fsp3) is 0.333. The predicted molar refractivity (Wildman–Crippen MR) is 105 cm³/mol. The van der Waals surface area contributed by atoms with Crippen LogP contribution >= 0.6 is 34.5 Å². The van der Waals surface area contributed by atoms with E-state index in [9.17, 15) is 9.59 Å². The Labute approximate surface area is 165 Å². The van der Waals surface area contributed by atoms with Crippen molar-refractivity contribution in [2.75, 3.05) is 11.9 Å². The number of hydrogen-bond acceptors (Lipinski definition) is 4. The lowest BCUT2D eigenvalue weighted by molar-refractivity contribution is -0.118. The summed E-state index contributed by atoms with van der Waals surface area (Å²) >= 11 is 13.3. The molecule has 0 radical (unpaired) electrons. The summed E-state index contributed by atoms with van der Waals surface area (Å²) in [6, 6.07) is 4.76. The fourth-order valence-corrected chi connectivity index (χ4v) is 4.89. The Hall–Kier alpha value is -1.76. The van der Waals surface area contributed by atoms with E-state index in [0.717, 1.165) is 29.7 Å². The van der Waals surface area contributed by atoms with Crippen LogP contribution in [0.2, 0.25) is 10.0 Å². The summed E-state index contributed by atoms with van der Waals surface area (Å²) in [6.45, 7) is 1.94. The number of benzene rings is 1. The SMILES string of the molecule is C[C@H]1CCc2c(sc(NC(=O)COc3ccc(Cl)cc3Cl)c2C(N)=O)C1. The normalized spacial score (nSPS) is 16.0. The molecule has 1 heterocycles. The highest BCUT2D eigenvalue weighted by Crippen LogP contribution is 2.39. The van der Waals surface area contributed by atoms with Crippen LogP contribution in [-0.4, -0.2) is 18.4 Å². The van der Waals surface area contributed by atoms with Crippen LogP contribution in [0.15, 0.2) is 18.2 Å². The van der Waals surface area contributed by atoms with E-state index in [2.05, 4.69) is 12.2 Å². The van der Waals surface area contributed by atoms with Crippen molar-refractivity contribution < 1.29 is 14.3 Å². The van der Waals surface area contributed by atoms with E-state index in [1.165, 1.54) is 17.4 Å². The molecule has 1 atom stereocenters. The van der Waals surface area contributed by atoms with E-state index in [4.69, 9.17) is 33.7 Å². The molecule has 138 valence electrons. The molecule has 0 unspecified atom stereocenters. The number of primary amides is 1. The molecule has 2 aromatic rings. The summed E-state index contributed by atoms with van der Waals surface area (Å²) in [5.74, 6) is 0.0145. The Morgan fingerprint density at radius 1 is 1.38 bits per heavy atom. The van der Waals surface area contributed by atoms with Crippen molar-refractivity contribution in [3.8, 4) is 5.75 Å². The molecule has 0 fully saturated rings. The van der Waals surface area contributed by atoms with Crippen molar-refractivity contribution in [1.29, 1.82) is 0 Å². The molecule has 5 nitrogen and oxygen atoms in total. The number of thiophene rings is 1. The van der Waals surface area contributed by atoms with Gasteiger partial charge in [-0.3, -0.25) is 9.59 Å². The van der Waals surface area contributed by atoms with Crippen LogP contribution in [0.1, 0.15) is 34.1 Å². The van der Waals surface area contributed by atoms with Gasteiger partial charge in [-0.15, -0.1) is 11.3 Å². The van der Waals surface area contributed by atoms with E-state index < -0.39 is 5.91 Å². The van der Waals surface area contributed by atoms with E-state index in [0.29, 0.717) is 32.3 Å². The van der Waals surface area contributed by atoms with Crippen molar-refractivity contribution in [2.24, 2.45) is 11.7 Å². The van der Waals surface area contributed by atoms with Crippen molar-refractivity contribution >= 4 is 51.4 Å². The first-order chi connectivity index (χ1) is 12.3. The van der Waals surface area contributed by atoms with Gasteiger partial charge in [0.1, 0.15) is 10.8 Å². The first-order valence-corrected chi connectivity index (χ1v) is 9.74. The Kier molecular flexibility index (Phi) is 5.75. The van der Waals surface area contributed by atoms with Crippen molar-refractivity contribution in [3.63, 3.8) is 0 Å². The second-order valence-electron chi connectivity index (χ2n) is 6.33. The summed E-state index contributed by atoms with van der Waals surface area (Å²) < 4.78 is 5.43. The van der Waals surface area contributed by atoms with E-state index >= 15 is 0 Å². The van der Waals surface area contributed by atoms with Crippen LogP contribution in [0.25, 0.3) is 0 Å². The van der Waals surface area contributed by atoms with Crippen LogP contribution in [0.5, 0.6) is 5.75 Å². The highest BCUT2D eigenvalue weighted by Gasteiger charge is 2.27. The van der Waals surface area contributed by atoms with Gasteiger partial charge >= 0.3 is 0 Å². The van der Waals surface area contributed by atoms with E-state index in [1.807, 2.05) is 0 Å². The number of carbonyl (C=O) groups excluding carboxylic acids is 2. The smallest absolute Gasteiger partial charge is 0.262 e. The van der Waals surface area contributed by atoms with Gasteiger partial charge in [-0.2, -0.15) is 0 Å². The average molecular weight is 413 g/mol. The molecule has 8 heteroatoms. The molecule has 0 aliphatic heterocycles. The Morgan fingerprint density at radius 2 is 2.15 bits per heavy atom. The van der Waals surface area contributed by atoms with Gasteiger partial charge in [0.25, 0.3) is 11.8 Å². The molecule has 3 N–H and O–H groups in total. The molecule has 0 saturated heterocycles. The largest absolute Gasteiger partial charge is 0.482 e. The minimum absolute atomic E-state index is 0.238. The maximum absolute atomic E-state index is 12.3. The van der Waals surface area contributed by atoms with Crippen molar-refractivity contribution in [1.82, 2.24) is 0 Å². The molecule has 1 aromatic heterocycles. The highest BCUT2D eigenvalue weighted by atomic mass is 35.5. The number of hydrogen-bond donors (Lipinski definition) is 2. The van der Waals surface area contributed by atoms with Gasteiger partial charge in [-0.05, 0) is 48.9 Å². The van der Waals surface area contributed by atoms with Gasteiger partial charge in [0, 0.05) is 9.90 Å². The Morgan fingerprint density at radius 3 is 2.85 bits per heavy atom. The van der Waals surface area contributed by atoms with Gasteiger partial charge < -0.3 is 15.8 Å². The third kappa shape index (κ3) is 4.14. The monoisotopic (exact) mass is 412 g/mol. The van der Waals surface area contributed by atoms with Crippen LogP contribution in [0, 0.1) is 5.92 Å². The minimum Gasteiger partial charge on any atom is -0.482 e. The molecule has 0 bridgehead atoms. The van der Waals surface area contributed by atoms with Crippen LogP contribution in [0.4, 0.5) is 5.00 Å². The molecule has 26 heavy (non-hydrogen) atoms. The summed E-state index contributed by atoms with van der Waals surface area (Å²) in [7, 11) is 0. The molecule has 1 aromatic carbocycles. The quantitative estimate of drug-likeness (QED) is 0.767. The number of nitrogens with two attached hydrogens (primary N) is 1. The van der Waals surface area contributed by atoms with Crippen molar-refractivity contribution in [2.45, 2.75) is 26.2 Å². The standard InChI is InChI=1S/C18H18Cl2N2O3S/c1-9-2-4-11-14(6-9)26-18(16(11)17(21)24)22-15(23)8-25-13-5-3-10(19)7-12(13)20/h3,5,7,9H,2,4,6,8H2,1H3,(H2,21,24)(H,22,23)/t9-/m0/s1. The van der Waals surface area contributed by atoms with Crippen LogP contribution in [-0.2, 0) is 17.6 Å². The highest BCUT2D eigenvalue weighted by molar-refractivity contribution is 7.17. The molecular weight excluding hydrogens is 395 g/mol. The van der Waals surface area contributed by atoms with Gasteiger partial charge in [0.05, 0.1) is 10.6 Å². The maximum atomic E-state index is 12.3. The van der Waals surface area contributed by atoms with Crippen LogP contribution in [0.3, 0.4) is 0 Å². The summed E-state index contributed by atoms with van der Waals surface area (Å²) in [6.07, 6.45) is 2.71. The first-order valence-electron chi connectivity index (χ1n) is 8.17. The first kappa shape index (κ1) is 19.0. The molecule has 2 amide bonds. The summed E-state index contributed by atoms with van der Waals surface area (Å²) in [4.78, 5) is 25.3. The summed E-state index contributed by atoms with van der Waals surface area (Å²) in [5, 5.41) is 4.05. The lowest BCUT2D eigenvalue weighted by Crippen LogP contribution is -2.22. The molecular formula is C18H18Cl2N2O3S. The maximum Gasteiger partial charge on any atom is 0.262 e. The third-order valence-electron chi connectivity index (χ3n) is 4.26. The number of halogens is 2. The summed E-state index contributed by atoms with van der Waals surface area (Å²) in [5.41, 5.74) is 6.94. The molecule has 1 aliphatic rings. The number of fused-ring (bicyclic) bond motifs is 1. The third-order valence-corrected chi connectivity index (χ3v) is 5.96.